The summed E-state index contributed by atoms with van der Waals surface area (Å²) in [5, 5.41) is 3.27. The smallest absolute Gasteiger partial charge is 0.307 e. The van der Waals surface area contributed by atoms with Crippen LogP contribution in [0.15, 0.2) is 0 Å². The van der Waals surface area contributed by atoms with E-state index in [1.54, 1.807) is 0 Å². The summed E-state index contributed by atoms with van der Waals surface area (Å²) in [6.07, 6.45) is 6.19. The van der Waals surface area contributed by atoms with Crippen molar-refractivity contribution < 1.29 is 9.53 Å². The standard InChI is InChI=1S/C15H32N2O2/c1-5-6-7-9-14(2)19-15(18)10-12-16-11-8-13-17(3)4/h14,16H,5-13H2,1-4H3. The van der Waals surface area contributed by atoms with Crippen LogP contribution in [0.4, 0.5) is 0 Å². The Hall–Kier alpha value is -0.610. The third-order valence-electron chi connectivity index (χ3n) is 3.01. The van der Waals surface area contributed by atoms with Gasteiger partial charge in [-0.25, -0.2) is 0 Å². The Morgan fingerprint density at radius 2 is 1.95 bits per heavy atom. The second kappa shape index (κ2) is 12.4. The van der Waals surface area contributed by atoms with Crippen molar-refractivity contribution in [3.8, 4) is 0 Å². The van der Waals surface area contributed by atoms with Gasteiger partial charge in [0.25, 0.3) is 0 Å². The molecule has 4 nitrogen and oxygen atoms in total. The third-order valence-corrected chi connectivity index (χ3v) is 3.01. The molecule has 1 atom stereocenters. The number of unbranched alkanes of at least 4 members (excludes halogenated alkanes) is 2. The molecule has 0 heterocycles. The topological polar surface area (TPSA) is 41.6 Å². The summed E-state index contributed by atoms with van der Waals surface area (Å²) >= 11 is 0. The molecule has 0 bridgehead atoms. The molecule has 0 aliphatic rings. The van der Waals surface area contributed by atoms with E-state index >= 15 is 0 Å². The zero-order valence-corrected chi connectivity index (χ0v) is 13.2. The van der Waals surface area contributed by atoms with Crippen LogP contribution in [0, 0.1) is 0 Å². The van der Waals surface area contributed by atoms with E-state index in [4.69, 9.17) is 4.74 Å². The molecule has 0 fully saturated rings. The van der Waals surface area contributed by atoms with Crippen molar-refractivity contribution in [1.82, 2.24) is 10.2 Å². The molecule has 0 aliphatic carbocycles. The van der Waals surface area contributed by atoms with Gasteiger partial charge in [-0.3, -0.25) is 4.79 Å². The average Bonchev–Trinajstić information content (AvgIpc) is 2.33. The minimum atomic E-state index is -0.0795. The first-order chi connectivity index (χ1) is 9.06. The molecule has 1 N–H and O–H groups in total. The Kier molecular flexibility index (Phi) is 12.0. The summed E-state index contributed by atoms with van der Waals surface area (Å²) in [6.45, 7) is 6.91. The predicted octanol–water partition coefficient (Wildman–Crippen LogP) is 2.43. The van der Waals surface area contributed by atoms with Crippen LogP contribution in [0.1, 0.15) is 52.4 Å². The quantitative estimate of drug-likeness (QED) is 0.438. The van der Waals surface area contributed by atoms with Gasteiger partial charge >= 0.3 is 5.97 Å². The van der Waals surface area contributed by atoms with E-state index in [-0.39, 0.29) is 12.1 Å². The lowest BCUT2D eigenvalue weighted by Gasteiger charge is -2.13. The van der Waals surface area contributed by atoms with Crippen molar-refractivity contribution in [2.45, 2.75) is 58.5 Å². The first-order valence-corrected chi connectivity index (χ1v) is 7.61. The van der Waals surface area contributed by atoms with Gasteiger partial charge in [-0.05, 0) is 53.4 Å². The molecule has 0 saturated carbocycles. The molecule has 19 heavy (non-hydrogen) atoms. The van der Waals surface area contributed by atoms with E-state index in [9.17, 15) is 4.79 Å². The molecule has 0 amide bonds. The number of hydrogen-bond donors (Lipinski definition) is 1. The second-order valence-corrected chi connectivity index (χ2v) is 5.45. The van der Waals surface area contributed by atoms with Gasteiger partial charge in [-0.2, -0.15) is 0 Å². The lowest BCUT2D eigenvalue weighted by Crippen LogP contribution is -2.25. The fraction of sp³-hybridized carbons (Fsp3) is 0.933. The SMILES string of the molecule is CCCCCC(C)OC(=O)CCNCCCN(C)C. The van der Waals surface area contributed by atoms with Crippen LogP contribution in [-0.2, 0) is 9.53 Å². The Bertz CT molecular complexity index is 220. The Morgan fingerprint density at radius 3 is 2.58 bits per heavy atom. The highest BCUT2D eigenvalue weighted by molar-refractivity contribution is 5.69. The van der Waals surface area contributed by atoms with Gasteiger partial charge in [0.1, 0.15) is 0 Å². The van der Waals surface area contributed by atoms with Crippen LogP contribution in [0.5, 0.6) is 0 Å². The largest absolute Gasteiger partial charge is 0.463 e. The number of nitrogens with one attached hydrogen (secondary N) is 1. The molecular formula is C15H32N2O2. The number of carbonyl (C=O) groups excluding carboxylic acids is 1. The molecule has 0 aromatic heterocycles. The number of rotatable bonds is 12. The Labute approximate surface area is 118 Å². The molecule has 0 rings (SSSR count). The van der Waals surface area contributed by atoms with E-state index in [2.05, 4.69) is 31.2 Å². The van der Waals surface area contributed by atoms with Crippen LogP contribution < -0.4 is 5.32 Å². The maximum Gasteiger partial charge on any atom is 0.307 e. The van der Waals surface area contributed by atoms with Gasteiger partial charge in [-0.1, -0.05) is 19.8 Å². The van der Waals surface area contributed by atoms with Gasteiger partial charge in [0.15, 0.2) is 0 Å². The van der Waals surface area contributed by atoms with E-state index in [1.165, 1.54) is 12.8 Å². The fourth-order valence-corrected chi connectivity index (χ4v) is 1.86. The number of ether oxygens (including phenoxy) is 1. The minimum absolute atomic E-state index is 0.0628. The van der Waals surface area contributed by atoms with E-state index in [1.807, 2.05) is 6.92 Å². The van der Waals surface area contributed by atoms with Crippen molar-refractivity contribution in [2.24, 2.45) is 0 Å². The molecule has 0 spiro atoms. The van der Waals surface area contributed by atoms with Crippen LogP contribution in [0.3, 0.4) is 0 Å². The second-order valence-electron chi connectivity index (χ2n) is 5.45. The summed E-state index contributed by atoms with van der Waals surface area (Å²) < 4.78 is 5.35. The summed E-state index contributed by atoms with van der Waals surface area (Å²) in [7, 11) is 4.13. The molecule has 0 aromatic carbocycles. The zero-order chi connectivity index (χ0) is 14.5. The van der Waals surface area contributed by atoms with Crippen LogP contribution in [0.2, 0.25) is 0 Å². The molecule has 0 saturated heterocycles. The lowest BCUT2D eigenvalue weighted by molar-refractivity contribution is -0.148. The number of nitrogens with zero attached hydrogens (tertiary/aromatic N) is 1. The fourth-order valence-electron chi connectivity index (χ4n) is 1.86. The molecule has 0 radical (unpaired) electrons. The molecule has 0 aromatic rings. The highest BCUT2D eigenvalue weighted by Gasteiger charge is 2.08. The average molecular weight is 272 g/mol. The highest BCUT2D eigenvalue weighted by atomic mass is 16.5. The molecule has 114 valence electrons. The van der Waals surface area contributed by atoms with Gasteiger partial charge in [0, 0.05) is 6.54 Å². The van der Waals surface area contributed by atoms with Crippen LogP contribution >= 0.6 is 0 Å². The van der Waals surface area contributed by atoms with Crippen LogP contribution in [0.25, 0.3) is 0 Å². The normalized spacial score (nSPS) is 12.7. The van der Waals surface area contributed by atoms with Gasteiger partial charge in [-0.15, -0.1) is 0 Å². The first kappa shape index (κ1) is 18.4. The van der Waals surface area contributed by atoms with Crippen molar-refractivity contribution in [2.75, 3.05) is 33.7 Å². The molecule has 0 aliphatic heterocycles. The Balaban J connectivity index is 3.38. The van der Waals surface area contributed by atoms with E-state index in [0.717, 1.165) is 32.4 Å². The molecule has 4 heteroatoms. The zero-order valence-electron chi connectivity index (χ0n) is 13.2. The lowest BCUT2D eigenvalue weighted by atomic mass is 10.1. The van der Waals surface area contributed by atoms with Gasteiger partial charge in [0.05, 0.1) is 12.5 Å². The maximum atomic E-state index is 11.6. The Morgan fingerprint density at radius 1 is 1.21 bits per heavy atom. The van der Waals surface area contributed by atoms with E-state index < -0.39 is 0 Å². The molecular weight excluding hydrogens is 240 g/mol. The number of hydrogen-bond acceptors (Lipinski definition) is 4. The van der Waals surface area contributed by atoms with Gasteiger partial charge in [0.2, 0.25) is 0 Å². The summed E-state index contributed by atoms with van der Waals surface area (Å²) in [5.74, 6) is -0.0795. The van der Waals surface area contributed by atoms with Crippen molar-refractivity contribution in [3.05, 3.63) is 0 Å². The van der Waals surface area contributed by atoms with Crippen molar-refractivity contribution in [3.63, 3.8) is 0 Å². The highest BCUT2D eigenvalue weighted by Crippen LogP contribution is 2.06. The number of esters is 1. The maximum absolute atomic E-state index is 11.6. The summed E-state index contributed by atoms with van der Waals surface area (Å²) in [6, 6.07) is 0. The molecule has 1 unspecified atom stereocenters. The van der Waals surface area contributed by atoms with Gasteiger partial charge < -0.3 is 15.0 Å². The predicted molar refractivity (Wildman–Crippen MR) is 80.4 cm³/mol. The summed E-state index contributed by atoms with van der Waals surface area (Å²) in [5.41, 5.74) is 0. The first-order valence-electron chi connectivity index (χ1n) is 7.61. The number of carbonyl (C=O) groups is 1. The third kappa shape index (κ3) is 13.6. The van der Waals surface area contributed by atoms with Crippen molar-refractivity contribution in [1.29, 1.82) is 0 Å². The van der Waals surface area contributed by atoms with Crippen LogP contribution in [-0.4, -0.2) is 50.7 Å². The summed E-state index contributed by atoms with van der Waals surface area (Å²) in [4.78, 5) is 13.7. The van der Waals surface area contributed by atoms with E-state index in [0.29, 0.717) is 13.0 Å². The minimum Gasteiger partial charge on any atom is -0.463 e. The monoisotopic (exact) mass is 272 g/mol. The van der Waals surface area contributed by atoms with Crippen molar-refractivity contribution >= 4 is 5.97 Å².